The van der Waals surface area contributed by atoms with Crippen LogP contribution in [0.5, 0.6) is 5.75 Å². The molecule has 0 saturated carbocycles. The summed E-state index contributed by atoms with van der Waals surface area (Å²) in [4.78, 5) is 12.2. The van der Waals surface area contributed by atoms with Crippen LogP contribution in [0.4, 0.5) is 5.82 Å². The first-order chi connectivity index (χ1) is 12.4. The van der Waals surface area contributed by atoms with E-state index in [4.69, 9.17) is 11.5 Å². The number of benzene rings is 2. The largest absolute Gasteiger partial charge is 0.508 e. The molecule has 0 fully saturated rings. The molecule has 26 heavy (non-hydrogen) atoms. The fourth-order valence-electron chi connectivity index (χ4n) is 4.19. The van der Waals surface area contributed by atoms with Gasteiger partial charge in [-0.2, -0.15) is 4.40 Å². The minimum atomic E-state index is -0.561. The van der Waals surface area contributed by atoms with Gasteiger partial charge in [0.25, 0.3) is 11.7 Å². The maximum Gasteiger partial charge on any atom is 0.291 e. The van der Waals surface area contributed by atoms with Gasteiger partial charge in [-0.15, -0.1) is 0 Å². The van der Waals surface area contributed by atoms with E-state index in [1.54, 1.807) is 6.07 Å². The van der Waals surface area contributed by atoms with Crippen LogP contribution in [-0.2, 0) is 0 Å². The lowest BCUT2D eigenvalue weighted by Crippen LogP contribution is -2.28. The summed E-state index contributed by atoms with van der Waals surface area (Å²) in [6.07, 6.45) is 1.98. The topological polar surface area (TPSA) is 97.8 Å². The van der Waals surface area contributed by atoms with Crippen molar-refractivity contribution in [2.45, 2.75) is 13.8 Å². The second-order valence-electron chi connectivity index (χ2n) is 6.77. The van der Waals surface area contributed by atoms with Crippen molar-refractivity contribution in [1.29, 1.82) is 0 Å². The van der Waals surface area contributed by atoms with Gasteiger partial charge in [-0.25, -0.2) is 0 Å². The van der Waals surface area contributed by atoms with Crippen LogP contribution < -0.4 is 15.9 Å². The molecule has 0 aliphatic rings. The number of hydrogen-bond donors (Lipinski definition) is 3. The molecule has 0 atom stereocenters. The number of nitrogens with zero attached hydrogens (tertiary/aromatic N) is 2. The number of anilines is 1. The van der Waals surface area contributed by atoms with Crippen LogP contribution in [-0.4, -0.2) is 15.4 Å². The molecular formula is C20H17N4O2+. The number of hydrogen-bond acceptors (Lipinski definition) is 3. The van der Waals surface area contributed by atoms with Crippen molar-refractivity contribution >= 4 is 44.6 Å². The summed E-state index contributed by atoms with van der Waals surface area (Å²) in [5.74, 6) is -0.0906. The zero-order valence-electron chi connectivity index (χ0n) is 14.4. The molecule has 5 N–H and O–H groups in total. The lowest BCUT2D eigenvalue weighted by atomic mass is 10.0. The average Bonchev–Trinajstić information content (AvgIpc) is 2.90. The van der Waals surface area contributed by atoms with E-state index in [-0.39, 0.29) is 5.75 Å². The number of aryl methyl sites for hydroxylation is 2. The van der Waals surface area contributed by atoms with Crippen LogP contribution in [0.1, 0.15) is 21.5 Å². The number of primary amides is 1. The predicted molar refractivity (Wildman–Crippen MR) is 101 cm³/mol. The third-order valence-electron chi connectivity index (χ3n) is 5.36. The van der Waals surface area contributed by atoms with Crippen molar-refractivity contribution in [3.05, 3.63) is 53.2 Å². The Hall–Kier alpha value is -3.54. The molecule has 6 heteroatoms. The normalized spacial score (nSPS) is 12.1. The highest BCUT2D eigenvalue weighted by Crippen LogP contribution is 2.36. The summed E-state index contributed by atoms with van der Waals surface area (Å²) in [6.45, 7) is 3.85. The Morgan fingerprint density at radius 1 is 1.15 bits per heavy atom. The summed E-state index contributed by atoms with van der Waals surface area (Å²) >= 11 is 0. The highest BCUT2D eigenvalue weighted by atomic mass is 16.3. The first-order valence-electron chi connectivity index (χ1n) is 8.32. The minimum Gasteiger partial charge on any atom is -0.508 e. The number of phenolic OH excluding ortho intramolecular Hbond substituents is 1. The van der Waals surface area contributed by atoms with E-state index in [2.05, 4.69) is 10.5 Å². The Labute approximate surface area is 148 Å². The maximum absolute atomic E-state index is 12.2. The van der Waals surface area contributed by atoms with Crippen molar-refractivity contribution < 1.29 is 14.3 Å². The fraction of sp³-hybridized carbons (Fsp3) is 0.100. The molecule has 1 amide bonds. The second-order valence-corrected chi connectivity index (χ2v) is 6.77. The highest BCUT2D eigenvalue weighted by Gasteiger charge is 2.30. The quantitative estimate of drug-likeness (QED) is 0.247. The molecule has 5 aromatic rings. The van der Waals surface area contributed by atoms with Gasteiger partial charge in [-0.05, 0) is 43.7 Å². The molecular weight excluding hydrogens is 328 g/mol. The number of phenols is 1. The van der Waals surface area contributed by atoms with Gasteiger partial charge >= 0.3 is 0 Å². The second kappa shape index (κ2) is 4.54. The zero-order valence-corrected chi connectivity index (χ0v) is 14.4. The Kier molecular flexibility index (Phi) is 2.58. The molecule has 3 heterocycles. The number of carbonyl (C=O) groups is 1. The van der Waals surface area contributed by atoms with Crippen molar-refractivity contribution in [1.82, 2.24) is 4.40 Å². The molecule has 0 bridgehead atoms. The molecule has 5 rings (SSSR count). The number of carbonyl (C=O) groups excluding carboxylic acids is 1. The molecule has 0 aliphatic carbocycles. The summed E-state index contributed by atoms with van der Waals surface area (Å²) in [5.41, 5.74) is 17.6. The maximum atomic E-state index is 12.2. The SMILES string of the molecule is Cc1cc2c(C(N)=O)c(N)[n+]3c4c(C)c(O)ccc4n4cccc1c4c23. The van der Waals surface area contributed by atoms with Crippen LogP contribution in [0.3, 0.4) is 0 Å². The van der Waals surface area contributed by atoms with Crippen LogP contribution in [0.2, 0.25) is 0 Å². The van der Waals surface area contributed by atoms with Gasteiger partial charge in [-0.3, -0.25) is 10.5 Å². The third-order valence-corrected chi connectivity index (χ3v) is 5.36. The third kappa shape index (κ3) is 1.52. The van der Waals surface area contributed by atoms with E-state index >= 15 is 0 Å². The van der Waals surface area contributed by atoms with Gasteiger partial charge in [-0.1, -0.05) is 6.07 Å². The van der Waals surface area contributed by atoms with E-state index in [0.717, 1.165) is 38.4 Å². The van der Waals surface area contributed by atoms with Crippen molar-refractivity contribution in [3.63, 3.8) is 0 Å². The monoisotopic (exact) mass is 345 g/mol. The van der Waals surface area contributed by atoms with Crippen LogP contribution in [0.25, 0.3) is 32.8 Å². The summed E-state index contributed by atoms with van der Waals surface area (Å²) < 4.78 is 3.93. The lowest BCUT2D eigenvalue weighted by molar-refractivity contribution is -0.460. The van der Waals surface area contributed by atoms with E-state index in [9.17, 15) is 9.90 Å². The number of aromatic hydroxyl groups is 1. The van der Waals surface area contributed by atoms with Gasteiger partial charge in [0.1, 0.15) is 16.8 Å². The number of pyridine rings is 1. The van der Waals surface area contributed by atoms with Crippen molar-refractivity contribution in [2.75, 3.05) is 5.73 Å². The molecule has 128 valence electrons. The van der Waals surface area contributed by atoms with Crippen molar-refractivity contribution in [3.8, 4) is 5.75 Å². The Morgan fingerprint density at radius 3 is 2.65 bits per heavy atom. The van der Waals surface area contributed by atoms with E-state index < -0.39 is 5.91 Å². The molecule has 0 aliphatic heterocycles. The van der Waals surface area contributed by atoms with E-state index in [1.807, 2.05) is 42.6 Å². The smallest absolute Gasteiger partial charge is 0.291 e. The van der Waals surface area contributed by atoms with Gasteiger partial charge in [0, 0.05) is 22.5 Å². The fourth-order valence-corrected chi connectivity index (χ4v) is 4.19. The highest BCUT2D eigenvalue weighted by molar-refractivity contribution is 6.16. The molecule has 3 aromatic heterocycles. The summed E-state index contributed by atoms with van der Waals surface area (Å²) in [5, 5.41) is 12.1. The first kappa shape index (κ1) is 14.8. The molecule has 0 unspecified atom stereocenters. The summed E-state index contributed by atoms with van der Waals surface area (Å²) in [7, 11) is 0. The van der Waals surface area contributed by atoms with Crippen LogP contribution in [0, 0.1) is 13.8 Å². The average molecular weight is 345 g/mol. The number of fused-ring (bicyclic) bond motifs is 3. The molecule has 0 spiro atoms. The number of nitrogens with two attached hydrogens (primary N) is 2. The van der Waals surface area contributed by atoms with E-state index in [1.165, 1.54) is 0 Å². The number of aromatic nitrogens is 2. The zero-order chi connectivity index (χ0) is 18.3. The molecule has 6 nitrogen and oxygen atoms in total. The first-order valence-corrected chi connectivity index (χ1v) is 8.32. The van der Waals surface area contributed by atoms with Crippen LogP contribution in [0.15, 0.2) is 36.5 Å². The van der Waals surface area contributed by atoms with Gasteiger partial charge < -0.3 is 15.2 Å². The number of amides is 1. The molecule has 2 aromatic carbocycles. The Balaban J connectivity index is 2.30. The number of rotatable bonds is 1. The van der Waals surface area contributed by atoms with Gasteiger partial charge in [0.15, 0.2) is 11.0 Å². The van der Waals surface area contributed by atoms with Crippen molar-refractivity contribution in [2.24, 2.45) is 5.73 Å². The predicted octanol–water partition coefficient (Wildman–Crippen LogP) is 2.43. The standard InChI is InChI=1S/C20H16N4O2/c1-9-8-12-15(20(22)26)19(21)24-16-10(2)14(25)6-5-13(16)23-7-3-4-11(9)17(23)18(12)24/h3-8,21H,1-2H3,(H3,22,25,26)/p+1. The molecule has 0 saturated heterocycles. The van der Waals surface area contributed by atoms with Gasteiger partial charge in [0.05, 0.1) is 5.52 Å². The lowest BCUT2D eigenvalue weighted by Gasteiger charge is -2.14. The Bertz CT molecular complexity index is 1400. The Morgan fingerprint density at radius 2 is 1.92 bits per heavy atom. The van der Waals surface area contributed by atoms with Crippen LogP contribution >= 0.6 is 0 Å². The molecule has 0 radical (unpaired) electrons. The summed E-state index contributed by atoms with van der Waals surface area (Å²) in [6, 6.07) is 9.53. The van der Waals surface area contributed by atoms with Gasteiger partial charge in [0.2, 0.25) is 0 Å². The minimum absolute atomic E-state index is 0.175. The number of nitrogen functional groups attached to an aromatic ring is 1. The van der Waals surface area contributed by atoms with E-state index in [0.29, 0.717) is 16.9 Å².